The van der Waals surface area contributed by atoms with Crippen molar-refractivity contribution in [3.05, 3.63) is 29.4 Å². The molecule has 0 spiro atoms. The molecule has 0 atom stereocenters. The van der Waals surface area contributed by atoms with E-state index in [4.69, 9.17) is 4.84 Å². The first-order chi connectivity index (χ1) is 10.9. The van der Waals surface area contributed by atoms with E-state index in [0.29, 0.717) is 5.84 Å². The van der Waals surface area contributed by atoms with E-state index in [2.05, 4.69) is 10.1 Å². The van der Waals surface area contributed by atoms with E-state index in [-0.39, 0.29) is 4.75 Å². The average molecular weight is 369 g/mol. The quantitative estimate of drug-likeness (QED) is 0.464. The summed E-state index contributed by atoms with van der Waals surface area (Å²) < 4.78 is 4.01. The van der Waals surface area contributed by atoms with Crippen molar-refractivity contribution in [3.8, 4) is 0 Å². The summed E-state index contributed by atoms with van der Waals surface area (Å²) in [5, 5.41) is 6.97. The lowest BCUT2D eigenvalue weighted by atomic mass is 10.2. The molecule has 2 aromatic rings. The molecule has 3 heterocycles. The number of carbonyl (C=O) groups is 1. The molecule has 2 aromatic heterocycles. The van der Waals surface area contributed by atoms with Gasteiger partial charge < -0.3 is 0 Å². The van der Waals surface area contributed by atoms with Gasteiger partial charge in [-0.1, -0.05) is 16.9 Å². The molecule has 0 saturated heterocycles. The zero-order chi connectivity index (χ0) is 16.6. The third-order valence-corrected chi connectivity index (χ3v) is 6.37. The van der Waals surface area contributed by atoms with Crippen molar-refractivity contribution >= 4 is 47.0 Å². The lowest BCUT2D eigenvalue weighted by molar-refractivity contribution is 0.136. The predicted molar refractivity (Wildman–Crippen MR) is 94.2 cm³/mol. The van der Waals surface area contributed by atoms with E-state index in [9.17, 15) is 4.79 Å². The molecule has 0 bridgehead atoms. The summed E-state index contributed by atoms with van der Waals surface area (Å²) in [4.78, 5) is 21.5. The summed E-state index contributed by atoms with van der Waals surface area (Å²) >= 11 is 4.50. The van der Waals surface area contributed by atoms with Crippen LogP contribution in [0.4, 0.5) is 4.79 Å². The van der Waals surface area contributed by atoms with Crippen LogP contribution in [-0.4, -0.2) is 37.6 Å². The Morgan fingerprint density at radius 3 is 3.00 bits per heavy atom. The monoisotopic (exact) mass is 368 g/mol. The highest BCUT2D eigenvalue weighted by molar-refractivity contribution is 8.01. The molecule has 3 rings (SSSR count). The standard InChI is InChI=1S/C14H16N4O2S3/c1-9-7-10(21-8-9)23-17(4)13(19)20-16-11-14(2,3)22-12-15-5-6-18(11)12/h5-8H,1-4H3. The van der Waals surface area contributed by atoms with Crippen molar-refractivity contribution in [1.29, 1.82) is 0 Å². The maximum Gasteiger partial charge on any atom is 0.446 e. The number of fused-ring (bicyclic) bond motifs is 1. The number of thiophene rings is 1. The molecule has 0 aromatic carbocycles. The molecule has 0 N–H and O–H groups in total. The van der Waals surface area contributed by atoms with Crippen molar-refractivity contribution in [1.82, 2.24) is 13.9 Å². The van der Waals surface area contributed by atoms with E-state index in [1.54, 1.807) is 36.3 Å². The zero-order valence-electron chi connectivity index (χ0n) is 13.1. The van der Waals surface area contributed by atoms with E-state index in [1.165, 1.54) is 21.8 Å². The summed E-state index contributed by atoms with van der Waals surface area (Å²) in [5.41, 5.74) is 1.18. The highest BCUT2D eigenvalue weighted by Gasteiger charge is 2.38. The van der Waals surface area contributed by atoms with Gasteiger partial charge in [0.15, 0.2) is 11.0 Å². The van der Waals surface area contributed by atoms with Crippen LogP contribution < -0.4 is 0 Å². The lowest BCUT2D eigenvalue weighted by Crippen LogP contribution is -2.29. The largest absolute Gasteiger partial charge is 0.446 e. The Kier molecular flexibility index (Phi) is 4.43. The minimum Gasteiger partial charge on any atom is -0.295 e. The van der Waals surface area contributed by atoms with Crippen LogP contribution in [0.2, 0.25) is 0 Å². The van der Waals surface area contributed by atoms with Gasteiger partial charge in [-0.25, -0.2) is 14.1 Å². The normalized spacial score (nSPS) is 17.3. The van der Waals surface area contributed by atoms with Crippen LogP contribution in [0.25, 0.3) is 0 Å². The Morgan fingerprint density at radius 2 is 2.30 bits per heavy atom. The zero-order valence-corrected chi connectivity index (χ0v) is 15.6. The first-order valence-corrected chi connectivity index (χ1v) is 9.33. The first kappa shape index (κ1) is 16.4. The highest BCUT2D eigenvalue weighted by Crippen LogP contribution is 2.39. The second-order valence-electron chi connectivity index (χ2n) is 5.50. The molecule has 0 radical (unpaired) electrons. The van der Waals surface area contributed by atoms with Gasteiger partial charge in [-0.15, -0.1) is 11.3 Å². The van der Waals surface area contributed by atoms with Gasteiger partial charge in [-0.3, -0.25) is 9.40 Å². The Balaban J connectivity index is 1.68. The van der Waals surface area contributed by atoms with Crippen molar-refractivity contribution in [2.45, 2.75) is 34.9 Å². The fourth-order valence-corrected chi connectivity index (χ4v) is 4.94. The number of amides is 1. The molecule has 9 heteroatoms. The van der Waals surface area contributed by atoms with E-state index >= 15 is 0 Å². The van der Waals surface area contributed by atoms with Crippen LogP contribution in [0.3, 0.4) is 0 Å². The van der Waals surface area contributed by atoms with Gasteiger partial charge in [0.25, 0.3) is 0 Å². The topological polar surface area (TPSA) is 59.7 Å². The Hall–Kier alpha value is -1.45. The van der Waals surface area contributed by atoms with Crippen LogP contribution in [0.1, 0.15) is 19.4 Å². The van der Waals surface area contributed by atoms with Gasteiger partial charge >= 0.3 is 6.09 Å². The molecular formula is C14H16N4O2S3. The number of hydrogen-bond donors (Lipinski definition) is 0. The van der Waals surface area contributed by atoms with Crippen LogP contribution in [0.5, 0.6) is 0 Å². The number of carbonyl (C=O) groups excluding carboxylic acids is 1. The van der Waals surface area contributed by atoms with E-state index < -0.39 is 6.09 Å². The summed E-state index contributed by atoms with van der Waals surface area (Å²) in [7, 11) is 1.67. The molecule has 1 amide bonds. The molecule has 0 unspecified atom stereocenters. The predicted octanol–water partition coefficient (Wildman–Crippen LogP) is 4.07. The smallest absolute Gasteiger partial charge is 0.295 e. The second-order valence-corrected chi connectivity index (χ2v) is 9.43. The molecule has 122 valence electrons. The summed E-state index contributed by atoms with van der Waals surface area (Å²) in [6.45, 7) is 6.06. The SMILES string of the molecule is Cc1csc(SN(C)C(=O)ON=C2n3ccnc3SC2(C)C)c1. The molecular weight excluding hydrogens is 352 g/mol. The molecule has 0 aliphatic carbocycles. The third-order valence-electron chi connectivity index (χ3n) is 3.12. The molecule has 0 saturated carbocycles. The number of aryl methyl sites for hydroxylation is 1. The molecule has 6 nitrogen and oxygen atoms in total. The number of imidazole rings is 1. The number of thioether (sulfide) groups is 1. The van der Waals surface area contributed by atoms with Crippen LogP contribution in [-0.2, 0) is 4.84 Å². The number of rotatable bonds is 3. The Bertz CT molecular complexity index is 766. The van der Waals surface area contributed by atoms with E-state index in [1.807, 2.05) is 43.0 Å². The number of aromatic nitrogens is 2. The maximum absolute atomic E-state index is 12.1. The van der Waals surface area contributed by atoms with Crippen molar-refractivity contribution in [2.75, 3.05) is 7.05 Å². The molecule has 0 fully saturated rings. The molecule has 1 aliphatic heterocycles. The fraction of sp³-hybridized carbons (Fsp3) is 0.357. The Labute approximate surface area is 147 Å². The first-order valence-electron chi connectivity index (χ1n) is 6.86. The average Bonchev–Trinajstić information content (AvgIpc) is 3.12. The van der Waals surface area contributed by atoms with Gasteiger partial charge in [0, 0.05) is 31.4 Å². The van der Waals surface area contributed by atoms with Gasteiger partial charge in [-0.2, -0.15) is 0 Å². The van der Waals surface area contributed by atoms with E-state index in [0.717, 1.165) is 9.37 Å². The van der Waals surface area contributed by atoms with Gasteiger partial charge in [0.1, 0.15) is 0 Å². The molecule has 23 heavy (non-hydrogen) atoms. The van der Waals surface area contributed by atoms with Gasteiger partial charge in [-0.05, 0) is 37.8 Å². The fourth-order valence-electron chi connectivity index (χ4n) is 2.01. The minimum atomic E-state index is -0.511. The Morgan fingerprint density at radius 1 is 1.52 bits per heavy atom. The lowest BCUT2D eigenvalue weighted by Gasteiger charge is -2.17. The highest BCUT2D eigenvalue weighted by atomic mass is 32.2. The van der Waals surface area contributed by atoms with Crippen LogP contribution >= 0.6 is 35.0 Å². The van der Waals surface area contributed by atoms with Crippen molar-refractivity contribution < 1.29 is 9.63 Å². The summed E-state index contributed by atoms with van der Waals surface area (Å²) in [5.74, 6) is 0.661. The maximum atomic E-state index is 12.1. The number of oxime groups is 1. The minimum absolute atomic E-state index is 0.291. The third kappa shape index (κ3) is 3.41. The van der Waals surface area contributed by atoms with Crippen LogP contribution in [0.15, 0.2) is 38.4 Å². The summed E-state index contributed by atoms with van der Waals surface area (Å²) in [6.07, 6.45) is 3.01. The van der Waals surface area contributed by atoms with Crippen molar-refractivity contribution in [3.63, 3.8) is 0 Å². The molecule has 1 aliphatic rings. The second kappa shape index (κ2) is 6.21. The number of nitrogens with zero attached hydrogens (tertiary/aromatic N) is 4. The van der Waals surface area contributed by atoms with Gasteiger partial charge in [0.2, 0.25) is 0 Å². The summed E-state index contributed by atoms with van der Waals surface area (Å²) in [6, 6.07) is 2.03. The number of hydrogen-bond acceptors (Lipinski definition) is 7. The van der Waals surface area contributed by atoms with Crippen molar-refractivity contribution in [2.24, 2.45) is 5.16 Å². The van der Waals surface area contributed by atoms with Gasteiger partial charge in [0.05, 0.1) is 8.96 Å². The van der Waals surface area contributed by atoms with Crippen LogP contribution in [0, 0.1) is 6.92 Å².